The summed E-state index contributed by atoms with van der Waals surface area (Å²) in [5.74, 6) is 1.90. The van der Waals surface area contributed by atoms with Gasteiger partial charge >= 0.3 is 0 Å². The number of methoxy groups -OCH3 is 4. The minimum atomic E-state index is 0.347. The van der Waals surface area contributed by atoms with Crippen molar-refractivity contribution in [1.29, 1.82) is 0 Å². The van der Waals surface area contributed by atoms with E-state index in [0.717, 1.165) is 56.4 Å². The summed E-state index contributed by atoms with van der Waals surface area (Å²) >= 11 is 0. The molecule has 2 aromatic rings. The molecule has 0 bridgehead atoms. The van der Waals surface area contributed by atoms with E-state index in [1.807, 2.05) is 0 Å². The van der Waals surface area contributed by atoms with Gasteiger partial charge in [0.1, 0.15) is 25.1 Å². The van der Waals surface area contributed by atoms with Crippen LogP contribution in [0.25, 0.3) is 0 Å². The van der Waals surface area contributed by atoms with Crippen molar-refractivity contribution in [2.75, 3.05) is 55.2 Å². The lowest BCUT2D eigenvalue weighted by Gasteiger charge is -2.13. The normalized spacial score (nSPS) is 11.0. The Balaban J connectivity index is 1.91. The van der Waals surface area contributed by atoms with Gasteiger partial charge in [-0.15, -0.1) is 0 Å². The molecule has 0 radical (unpaired) electrons. The molecule has 0 heterocycles. The van der Waals surface area contributed by atoms with E-state index in [4.69, 9.17) is 28.4 Å². The lowest BCUT2D eigenvalue weighted by molar-refractivity contribution is -0.0311. The third kappa shape index (κ3) is 10.1. The predicted molar refractivity (Wildman–Crippen MR) is 130 cm³/mol. The highest BCUT2D eigenvalue weighted by Gasteiger charge is 2.09. The van der Waals surface area contributed by atoms with Gasteiger partial charge in [0.15, 0.2) is 0 Å². The second-order valence-corrected chi connectivity index (χ2v) is 7.98. The van der Waals surface area contributed by atoms with E-state index < -0.39 is 0 Å². The fourth-order valence-corrected chi connectivity index (χ4v) is 3.88. The largest absolute Gasteiger partial charge is 0.496 e. The van der Waals surface area contributed by atoms with Gasteiger partial charge in [-0.05, 0) is 79.3 Å². The van der Waals surface area contributed by atoms with Crippen molar-refractivity contribution >= 4 is 0 Å². The van der Waals surface area contributed by atoms with Gasteiger partial charge in [0.2, 0.25) is 0 Å². The molecule has 6 heteroatoms. The van der Waals surface area contributed by atoms with Crippen LogP contribution in [0.15, 0.2) is 36.4 Å². The number of aryl methyl sites for hydroxylation is 4. The van der Waals surface area contributed by atoms with Crippen molar-refractivity contribution in [3.8, 4) is 11.5 Å². The second-order valence-electron chi connectivity index (χ2n) is 7.98. The first-order valence-corrected chi connectivity index (χ1v) is 11.7. The topological polar surface area (TPSA) is 55.4 Å². The van der Waals surface area contributed by atoms with E-state index in [-0.39, 0.29) is 0 Å². The Bertz CT molecular complexity index is 727. The minimum Gasteiger partial charge on any atom is -0.496 e. The van der Waals surface area contributed by atoms with Crippen molar-refractivity contribution < 1.29 is 28.4 Å². The minimum absolute atomic E-state index is 0.347. The molecule has 0 unspecified atom stereocenters. The molecule has 0 spiro atoms. The third-order valence-corrected chi connectivity index (χ3v) is 5.49. The maximum absolute atomic E-state index is 5.61. The molecule has 0 aromatic heterocycles. The molecular formula is C27H40O6. The maximum atomic E-state index is 5.61. The predicted octanol–water partition coefficient (Wildman–Crippen LogP) is 4.99. The quantitative estimate of drug-likeness (QED) is 0.231. The Labute approximate surface area is 199 Å². The molecule has 2 aromatic carbocycles. The molecule has 0 aliphatic heterocycles. The van der Waals surface area contributed by atoms with Crippen LogP contribution in [0.5, 0.6) is 11.5 Å². The molecule has 2 rings (SSSR count). The SMILES string of the molecule is COCOCCCc1ccc(OC)c(CCCc2cc(CCCOCOC)ccc2OC)c1. The molecule has 0 fully saturated rings. The van der Waals surface area contributed by atoms with E-state index in [2.05, 4.69) is 36.4 Å². The van der Waals surface area contributed by atoms with Gasteiger partial charge in [-0.2, -0.15) is 0 Å². The number of benzene rings is 2. The smallest absolute Gasteiger partial charge is 0.146 e. The van der Waals surface area contributed by atoms with Crippen LogP contribution in [0.2, 0.25) is 0 Å². The zero-order valence-electron chi connectivity index (χ0n) is 20.7. The first kappa shape index (κ1) is 27.1. The standard InChI is InChI=1S/C27H40O6/c1-28-20-32-16-6-8-22-12-14-26(30-3)24(18-22)10-5-11-25-19-23(13-15-27(25)31-4)9-7-17-33-21-29-2/h12-15,18-19H,5-11,16-17,20-21H2,1-4H3. The summed E-state index contributed by atoms with van der Waals surface area (Å²) in [6.45, 7) is 2.09. The molecular weight excluding hydrogens is 420 g/mol. The molecule has 0 amide bonds. The van der Waals surface area contributed by atoms with Crippen LogP contribution in [0.1, 0.15) is 41.5 Å². The van der Waals surface area contributed by atoms with Crippen LogP contribution in [-0.4, -0.2) is 55.2 Å². The van der Waals surface area contributed by atoms with Crippen molar-refractivity contribution in [3.05, 3.63) is 58.7 Å². The fraction of sp³-hybridized carbons (Fsp3) is 0.556. The Morgan fingerprint density at radius 3 is 1.39 bits per heavy atom. The monoisotopic (exact) mass is 460 g/mol. The van der Waals surface area contributed by atoms with E-state index >= 15 is 0 Å². The molecule has 0 aliphatic rings. The van der Waals surface area contributed by atoms with Gasteiger partial charge in [-0.1, -0.05) is 24.3 Å². The summed E-state index contributed by atoms with van der Waals surface area (Å²) in [6.07, 6.45) is 6.82. The first-order valence-electron chi connectivity index (χ1n) is 11.7. The van der Waals surface area contributed by atoms with Crippen LogP contribution < -0.4 is 9.47 Å². The average molecular weight is 461 g/mol. The number of ether oxygens (including phenoxy) is 6. The van der Waals surface area contributed by atoms with Gasteiger partial charge in [-0.3, -0.25) is 0 Å². The van der Waals surface area contributed by atoms with Crippen molar-refractivity contribution in [3.63, 3.8) is 0 Å². The number of rotatable bonds is 18. The molecule has 0 saturated carbocycles. The third-order valence-electron chi connectivity index (χ3n) is 5.49. The Morgan fingerprint density at radius 1 is 0.545 bits per heavy atom. The molecule has 33 heavy (non-hydrogen) atoms. The van der Waals surface area contributed by atoms with Crippen LogP contribution >= 0.6 is 0 Å². The summed E-state index contributed by atoms with van der Waals surface area (Å²) < 4.78 is 31.9. The van der Waals surface area contributed by atoms with E-state index in [1.165, 1.54) is 22.3 Å². The van der Waals surface area contributed by atoms with Crippen molar-refractivity contribution in [1.82, 2.24) is 0 Å². The highest BCUT2D eigenvalue weighted by Crippen LogP contribution is 2.26. The highest BCUT2D eigenvalue weighted by molar-refractivity contribution is 5.39. The highest BCUT2D eigenvalue weighted by atomic mass is 16.7. The van der Waals surface area contributed by atoms with Crippen LogP contribution in [0, 0.1) is 0 Å². The van der Waals surface area contributed by atoms with Gasteiger partial charge in [0.25, 0.3) is 0 Å². The molecule has 184 valence electrons. The lowest BCUT2D eigenvalue weighted by Crippen LogP contribution is -2.02. The summed E-state index contributed by atoms with van der Waals surface area (Å²) in [7, 11) is 6.75. The zero-order valence-corrected chi connectivity index (χ0v) is 20.7. The molecule has 0 saturated heterocycles. The lowest BCUT2D eigenvalue weighted by atomic mass is 9.98. The van der Waals surface area contributed by atoms with Gasteiger partial charge in [0.05, 0.1) is 14.2 Å². The molecule has 0 atom stereocenters. The molecule has 0 aliphatic carbocycles. The average Bonchev–Trinajstić information content (AvgIpc) is 2.84. The fourth-order valence-electron chi connectivity index (χ4n) is 3.88. The van der Waals surface area contributed by atoms with Crippen molar-refractivity contribution in [2.24, 2.45) is 0 Å². The first-order chi connectivity index (χ1) is 16.2. The number of hydrogen-bond acceptors (Lipinski definition) is 6. The summed E-state index contributed by atoms with van der Waals surface area (Å²) in [5, 5.41) is 0. The summed E-state index contributed by atoms with van der Waals surface area (Å²) in [5.41, 5.74) is 5.11. The summed E-state index contributed by atoms with van der Waals surface area (Å²) in [6, 6.07) is 13.0. The van der Waals surface area contributed by atoms with E-state index in [0.29, 0.717) is 26.8 Å². The van der Waals surface area contributed by atoms with Crippen LogP contribution in [0.3, 0.4) is 0 Å². The van der Waals surface area contributed by atoms with E-state index in [9.17, 15) is 0 Å². The Morgan fingerprint density at radius 2 is 1.00 bits per heavy atom. The second kappa shape index (κ2) is 16.5. The van der Waals surface area contributed by atoms with Crippen molar-refractivity contribution in [2.45, 2.75) is 44.9 Å². The number of hydrogen-bond donors (Lipinski definition) is 0. The van der Waals surface area contributed by atoms with Gasteiger partial charge in [-0.25, -0.2) is 0 Å². The maximum Gasteiger partial charge on any atom is 0.146 e. The Hall–Kier alpha value is -2.12. The molecule has 0 N–H and O–H groups in total. The summed E-state index contributed by atoms with van der Waals surface area (Å²) in [4.78, 5) is 0. The van der Waals surface area contributed by atoms with Gasteiger partial charge in [0, 0.05) is 27.4 Å². The van der Waals surface area contributed by atoms with Crippen LogP contribution in [0.4, 0.5) is 0 Å². The Kier molecular flexibility index (Phi) is 13.6. The van der Waals surface area contributed by atoms with E-state index in [1.54, 1.807) is 28.4 Å². The van der Waals surface area contributed by atoms with Gasteiger partial charge < -0.3 is 28.4 Å². The zero-order chi connectivity index (χ0) is 23.7. The molecule has 6 nitrogen and oxygen atoms in total. The van der Waals surface area contributed by atoms with Crippen LogP contribution in [-0.2, 0) is 44.6 Å².